The van der Waals surface area contributed by atoms with Gasteiger partial charge in [-0.2, -0.15) is 0 Å². The molecule has 3 nitrogen and oxygen atoms in total. The minimum absolute atomic E-state index is 0.0793. The summed E-state index contributed by atoms with van der Waals surface area (Å²) in [7, 11) is 0. The van der Waals surface area contributed by atoms with Crippen LogP contribution in [0.3, 0.4) is 0 Å². The van der Waals surface area contributed by atoms with Crippen LogP contribution >= 0.6 is 0 Å². The zero-order valence-corrected chi connectivity index (χ0v) is 26.9. The number of amidine groups is 1. The van der Waals surface area contributed by atoms with Crippen molar-refractivity contribution in [2.45, 2.75) is 25.4 Å². The van der Waals surface area contributed by atoms with Gasteiger partial charge in [-0.25, -0.2) is 4.99 Å². The van der Waals surface area contributed by atoms with Crippen LogP contribution in [0, 0.1) is 0 Å². The summed E-state index contributed by atoms with van der Waals surface area (Å²) in [5, 5.41) is 8.75. The number of rotatable bonds is 3. The Bertz CT molecular complexity index is 2640. The van der Waals surface area contributed by atoms with E-state index in [1.807, 2.05) is 0 Å². The van der Waals surface area contributed by atoms with E-state index in [-0.39, 0.29) is 11.6 Å². The summed E-state index contributed by atoms with van der Waals surface area (Å²) in [6.45, 7) is 4.67. The van der Waals surface area contributed by atoms with Gasteiger partial charge in [0.15, 0.2) is 6.17 Å². The van der Waals surface area contributed by atoms with E-state index in [1.54, 1.807) is 0 Å². The van der Waals surface area contributed by atoms with E-state index in [2.05, 4.69) is 175 Å². The fraction of sp³-hybridized carbons (Fsp3) is 0.0889. The van der Waals surface area contributed by atoms with E-state index in [1.165, 1.54) is 66.0 Å². The average Bonchev–Trinajstić information content (AvgIpc) is 3.59. The fourth-order valence-electron chi connectivity index (χ4n) is 8.29. The first-order valence-corrected chi connectivity index (χ1v) is 16.8. The largest absolute Gasteiger partial charge is 0.340 e. The quantitative estimate of drug-likeness (QED) is 0.210. The maximum absolute atomic E-state index is 5.62. The average molecular weight is 616 g/mol. The van der Waals surface area contributed by atoms with E-state index in [9.17, 15) is 0 Å². The van der Waals surface area contributed by atoms with Gasteiger partial charge in [0.05, 0.1) is 11.0 Å². The van der Waals surface area contributed by atoms with Gasteiger partial charge in [-0.3, -0.25) is 0 Å². The van der Waals surface area contributed by atoms with E-state index < -0.39 is 0 Å². The second kappa shape index (κ2) is 10.0. The summed E-state index contributed by atoms with van der Waals surface area (Å²) in [4.78, 5) is 5.62. The lowest BCUT2D eigenvalue weighted by Crippen LogP contribution is -2.25. The number of aliphatic imine (C=N–C) groups is 1. The third-order valence-electron chi connectivity index (χ3n) is 10.6. The van der Waals surface area contributed by atoms with Crippen LogP contribution in [-0.2, 0) is 5.41 Å². The predicted octanol–water partition coefficient (Wildman–Crippen LogP) is 11.3. The van der Waals surface area contributed by atoms with Crippen molar-refractivity contribution < 1.29 is 0 Å². The van der Waals surface area contributed by atoms with Crippen LogP contribution in [0.25, 0.3) is 54.8 Å². The second-order valence-electron chi connectivity index (χ2n) is 13.6. The highest BCUT2D eigenvalue weighted by Crippen LogP contribution is 2.50. The number of hydrogen-bond donors (Lipinski definition) is 1. The summed E-state index contributed by atoms with van der Waals surface area (Å²) in [6.07, 6.45) is -0.244. The fourth-order valence-corrected chi connectivity index (χ4v) is 8.29. The molecule has 2 aliphatic rings. The van der Waals surface area contributed by atoms with Gasteiger partial charge in [0.25, 0.3) is 0 Å². The van der Waals surface area contributed by atoms with Gasteiger partial charge >= 0.3 is 0 Å². The topological polar surface area (TPSA) is 29.3 Å². The minimum atomic E-state index is -0.244. The Hall–Kier alpha value is -5.93. The van der Waals surface area contributed by atoms with Crippen molar-refractivity contribution in [3.63, 3.8) is 0 Å². The van der Waals surface area contributed by atoms with Gasteiger partial charge in [0.2, 0.25) is 0 Å². The second-order valence-corrected chi connectivity index (χ2v) is 13.6. The maximum atomic E-state index is 5.62. The molecule has 0 saturated carbocycles. The van der Waals surface area contributed by atoms with Crippen LogP contribution in [0.15, 0.2) is 157 Å². The molecule has 8 aromatic rings. The molecule has 0 radical (unpaired) electrons. The van der Waals surface area contributed by atoms with Crippen molar-refractivity contribution in [2.24, 2.45) is 4.99 Å². The summed E-state index contributed by atoms with van der Waals surface area (Å²) in [5.41, 5.74) is 13.4. The van der Waals surface area contributed by atoms with E-state index >= 15 is 0 Å². The molecule has 0 saturated heterocycles. The van der Waals surface area contributed by atoms with Crippen LogP contribution in [0.2, 0.25) is 0 Å². The summed E-state index contributed by atoms with van der Waals surface area (Å²) < 4.78 is 2.44. The molecule has 0 amide bonds. The lowest BCUT2D eigenvalue weighted by molar-refractivity contribution is 0.651. The zero-order valence-electron chi connectivity index (χ0n) is 26.9. The number of para-hydroxylation sites is 2. The van der Waals surface area contributed by atoms with Crippen LogP contribution < -0.4 is 5.32 Å². The SMILES string of the molecule is CC1(C)c2ccccc2-c2c(C3=NC(n4c5ccccc5c5cc(-c6ccc7ccccc7c6)ccc54)c4ccccc4N3)cccc21. The van der Waals surface area contributed by atoms with Crippen molar-refractivity contribution in [2.75, 3.05) is 5.32 Å². The monoisotopic (exact) mass is 615 g/mol. The van der Waals surface area contributed by atoms with Crippen LogP contribution in [0.4, 0.5) is 5.69 Å². The molecule has 228 valence electrons. The summed E-state index contributed by atoms with van der Waals surface area (Å²) in [5.74, 6) is 0.904. The first-order chi connectivity index (χ1) is 23.6. The lowest BCUT2D eigenvalue weighted by atomic mass is 9.82. The lowest BCUT2D eigenvalue weighted by Gasteiger charge is -2.28. The molecule has 3 heteroatoms. The Morgan fingerprint density at radius 2 is 1.25 bits per heavy atom. The van der Waals surface area contributed by atoms with Crippen LogP contribution in [-0.4, -0.2) is 10.4 Å². The smallest absolute Gasteiger partial charge is 0.155 e. The van der Waals surface area contributed by atoms with Gasteiger partial charge in [0, 0.05) is 33.0 Å². The van der Waals surface area contributed by atoms with Crippen molar-refractivity contribution >= 4 is 44.1 Å². The molecule has 1 aliphatic heterocycles. The van der Waals surface area contributed by atoms with Gasteiger partial charge in [-0.1, -0.05) is 135 Å². The predicted molar refractivity (Wildman–Crippen MR) is 201 cm³/mol. The summed E-state index contributed by atoms with van der Waals surface area (Å²) in [6, 6.07) is 55.2. The Morgan fingerprint density at radius 1 is 0.562 bits per heavy atom. The summed E-state index contributed by atoms with van der Waals surface area (Å²) >= 11 is 0. The van der Waals surface area contributed by atoms with Gasteiger partial charge in [-0.15, -0.1) is 0 Å². The standard InChI is InChI=1S/C45H33N3/c1-45(2)37-18-8-5-15-33(37)42-35(17-11-19-38(42)45)43-46-39-20-9-6-16-34(39)44(47-43)48-40-21-10-7-14-32(40)36-27-31(24-25-41(36)48)30-23-22-28-12-3-4-13-29(28)26-30/h3-27,44H,1-2H3,(H,46,47). The molecule has 10 rings (SSSR count). The number of anilines is 1. The number of nitrogens with zero attached hydrogens (tertiary/aromatic N) is 2. The first-order valence-electron chi connectivity index (χ1n) is 16.8. The molecule has 1 aliphatic carbocycles. The molecule has 0 fully saturated rings. The highest BCUT2D eigenvalue weighted by Gasteiger charge is 2.38. The Balaban J connectivity index is 1.19. The third-order valence-corrected chi connectivity index (χ3v) is 10.6. The molecule has 48 heavy (non-hydrogen) atoms. The molecule has 1 aromatic heterocycles. The number of nitrogens with one attached hydrogen (secondary N) is 1. The molecule has 7 aromatic carbocycles. The van der Waals surface area contributed by atoms with Crippen molar-refractivity contribution in [1.29, 1.82) is 0 Å². The Kier molecular flexibility index (Phi) is 5.69. The zero-order chi connectivity index (χ0) is 32.0. The van der Waals surface area contributed by atoms with Gasteiger partial charge < -0.3 is 9.88 Å². The number of benzene rings is 7. The van der Waals surface area contributed by atoms with Gasteiger partial charge in [-0.05, 0) is 74.5 Å². The third kappa shape index (κ3) is 3.85. The van der Waals surface area contributed by atoms with Crippen LogP contribution in [0.5, 0.6) is 0 Å². The first kappa shape index (κ1) is 27.2. The molecule has 1 atom stereocenters. The number of aromatic nitrogens is 1. The van der Waals surface area contributed by atoms with E-state index in [0.717, 1.165) is 22.6 Å². The number of hydrogen-bond acceptors (Lipinski definition) is 2. The van der Waals surface area contributed by atoms with Crippen LogP contribution in [0.1, 0.15) is 42.3 Å². The normalized spacial score (nSPS) is 16.0. The highest BCUT2D eigenvalue weighted by molar-refractivity contribution is 6.15. The van der Waals surface area contributed by atoms with E-state index in [0.29, 0.717) is 0 Å². The highest BCUT2D eigenvalue weighted by atomic mass is 15.2. The van der Waals surface area contributed by atoms with Crippen molar-refractivity contribution in [1.82, 2.24) is 4.57 Å². The molecule has 0 spiro atoms. The minimum Gasteiger partial charge on any atom is -0.340 e. The molecule has 1 N–H and O–H groups in total. The van der Waals surface area contributed by atoms with E-state index in [4.69, 9.17) is 4.99 Å². The molecule has 0 bridgehead atoms. The molecule has 2 heterocycles. The Morgan fingerprint density at radius 3 is 2.19 bits per heavy atom. The van der Waals surface area contributed by atoms with Gasteiger partial charge in [0.1, 0.15) is 5.84 Å². The molecular formula is C45H33N3. The Labute approximate surface area is 279 Å². The van der Waals surface area contributed by atoms with Crippen molar-refractivity contribution in [3.05, 3.63) is 174 Å². The molecular weight excluding hydrogens is 583 g/mol. The maximum Gasteiger partial charge on any atom is 0.155 e. The van der Waals surface area contributed by atoms with Crippen molar-refractivity contribution in [3.8, 4) is 22.3 Å². The molecule has 1 unspecified atom stereocenters. The number of fused-ring (bicyclic) bond motifs is 8.